The third-order valence-electron chi connectivity index (χ3n) is 3.71. The molecule has 1 heterocycles. The monoisotopic (exact) mass is 278 g/mol. The molecule has 0 fully saturated rings. The zero-order valence-electron chi connectivity index (χ0n) is 12.1. The lowest BCUT2D eigenvalue weighted by molar-refractivity contribution is -0.124. The molecule has 1 aromatic rings. The lowest BCUT2D eigenvalue weighted by atomic mass is 9.93. The third-order valence-corrected chi connectivity index (χ3v) is 3.71. The molecule has 4 atom stereocenters. The lowest BCUT2D eigenvalue weighted by Crippen LogP contribution is -2.51. The highest BCUT2D eigenvalue weighted by Crippen LogP contribution is 2.38. The molecule has 20 heavy (non-hydrogen) atoms. The zero-order chi connectivity index (χ0) is 14.7. The van der Waals surface area contributed by atoms with Gasteiger partial charge in [-0.2, -0.15) is 0 Å². The number of carbonyl (C=O) groups excluding carboxylic acids is 1. The van der Waals surface area contributed by atoms with Gasteiger partial charge in [0.25, 0.3) is 0 Å². The SMILES string of the molecule is COC[C@H](N)C(=O)N[C@H](C)[C@H]1Oc2ccccc2[C@@H]1C. The minimum atomic E-state index is -0.651. The summed E-state index contributed by atoms with van der Waals surface area (Å²) >= 11 is 0. The fraction of sp³-hybridized carbons (Fsp3) is 0.533. The maximum Gasteiger partial charge on any atom is 0.239 e. The van der Waals surface area contributed by atoms with Crippen LogP contribution in [0, 0.1) is 0 Å². The molecule has 0 spiro atoms. The van der Waals surface area contributed by atoms with Crippen LogP contribution in [-0.2, 0) is 9.53 Å². The van der Waals surface area contributed by atoms with Crippen LogP contribution in [0.4, 0.5) is 0 Å². The molecule has 5 nitrogen and oxygen atoms in total. The maximum absolute atomic E-state index is 11.9. The van der Waals surface area contributed by atoms with Crippen molar-refractivity contribution in [1.29, 1.82) is 0 Å². The summed E-state index contributed by atoms with van der Waals surface area (Å²) in [5, 5.41) is 2.90. The predicted molar refractivity (Wildman–Crippen MR) is 76.7 cm³/mol. The number of rotatable bonds is 5. The lowest BCUT2D eigenvalue weighted by Gasteiger charge is -2.25. The van der Waals surface area contributed by atoms with Crippen molar-refractivity contribution in [2.45, 2.75) is 38.0 Å². The molecule has 0 bridgehead atoms. The summed E-state index contributed by atoms with van der Waals surface area (Å²) in [6.45, 7) is 4.25. The number of hydrogen-bond acceptors (Lipinski definition) is 4. The number of nitrogens with two attached hydrogens (primary N) is 1. The summed E-state index contributed by atoms with van der Waals surface area (Å²) in [6, 6.07) is 7.20. The topological polar surface area (TPSA) is 73.6 Å². The smallest absolute Gasteiger partial charge is 0.239 e. The summed E-state index contributed by atoms with van der Waals surface area (Å²) in [4.78, 5) is 11.9. The van der Waals surface area contributed by atoms with E-state index < -0.39 is 6.04 Å². The molecule has 1 aromatic carbocycles. The van der Waals surface area contributed by atoms with Gasteiger partial charge in [-0.05, 0) is 13.0 Å². The average Bonchev–Trinajstić information content (AvgIpc) is 2.77. The fourth-order valence-corrected chi connectivity index (χ4v) is 2.59. The fourth-order valence-electron chi connectivity index (χ4n) is 2.59. The molecule has 3 N–H and O–H groups in total. The van der Waals surface area contributed by atoms with E-state index in [1.807, 2.05) is 25.1 Å². The van der Waals surface area contributed by atoms with Gasteiger partial charge in [0, 0.05) is 18.6 Å². The van der Waals surface area contributed by atoms with E-state index in [9.17, 15) is 4.79 Å². The number of amides is 1. The molecular formula is C15H22N2O3. The number of hydrogen-bond donors (Lipinski definition) is 2. The molecule has 110 valence electrons. The van der Waals surface area contributed by atoms with Crippen LogP contribution < -0.4 is 15.8 Å². The number of benzene rings is 1. The highest BCUT2D eigenvalue weighted by molar-refractivity contribution is 5.82. The maximum atomic E-state index is 11.9. The summed E-state index contributed by atoms with van der Waals surface area (Å²) in [7, 11) is 1.52. The van der Waals surface area contributed by atoms with Crippen LogP contribution in [0.3, 0.4) is 0 Å². The van der Waals surface area contributed by atoms with Gasteiger partial charge in [0.2, 0.25) is 5.91 Å². The Kier molecular flexibility index (Phi) is 4.62. The highest BCUT2D eigenvalue weighted by atomic mass is 16.5. The first-order valence-corrected chi connectivity index (χ1v) is 6.85. The summed E-state index contributed by atoms with van der Waals surface area (Å²) in [5.41, 5.74) is 6.90. The van der Waals surface area contributed by atoms with Crippen LogP contribution in [0.15, 0.2) is 24.3 Å². The molecule has 1 aliphatic heterocycles. The third kappa shape index (κ3) is 2.94. The van der Waals surface area contributed by atoms with Crippen LogP contribution in [0.1, 0.15) is 25.3 Å². The van der Waals surface area contributed by atoms with Crippen LogP contribution in [0.5, 0.6) is 5.75 Å². The summed E-state index contributed by atoms with van der Waals surface area (Å²) in [5.74, 6) is 0.915. The number of para-hydroxylation sites is 1. The molecule has 0 saturated carbocycles. The van der Waals surface area contributed by atoms with Crippen molar-refractivity contribution in [2.75, 3.05) is 13.7 Å². The van der Waals surface area contributed by atoms with Gasteiger partial charge in [-0.25, -0.2) is 0 Å². The second-order valence-electron chi connectivity index (χ2n) is 5.27. The average molecular weight is 278 g/mol. The Morgan fingerprint density at radius 3 is 2.85 bits per heavy atom. The Bertz CT molecular complexity index is 478. The molecule has 1 amide bonds. The van der Waals surface area contributed by atoms with E-state index >= 15 is 0 Å². The number of fused-ring (bicyclic) bond motifs is 1. The van der Waals surface area contributed by atoms with Gasteiger partial charge in [0.15, 0.2) is 0 Å². The molecule has 0 aliphatic carbocycles. The predicted octanol–water partition coefficient (Wildman–Crippen LogP) is 1.03. The van der Waals surface area contributed by atoms with Crippen LogP contribution in [-0.4, -0.2) is 37.8 Å². The van der Waals surface area contributed by atoms with Crippen LogP contribution in [0.25, 0.3) is 0 Å². The van der Waals surface area contributed by atoms with E-state index in [4.69, 9.17) is 15.2 Å². The van der Waals surface area contributed by atoms with E-state index in [0.29, 0.717) is 0 Å². The highest BCUT2D eigenvalue weighted by Gasteiger charge is 2.35. The van der Waals surface area contributed by atoms with Crippen LogP contribution in [0.2, 0.25) is 0 Å². The number of ether oxygens (including phenoxy) is 2. The molecule has 5 heteroatoms. The van der Waals surface area contributed by atoms with E-state index in [2.05, 4.69) is 18.3 Å². The molecule has 2 rings (SSSR count). The second-order valence-corrected chi connectivity index (χ2v) is 5.27. The molecule has 0 aromatic heterocycles. The van der Waals surface area contributed by atoms with Crippen molar-refractivity contribution >= 4 is 5.91 Å². The first-order valence-electron chi connectivity index (χ1n) is 6.85. The Morgan fingerprint density at radius 1 is 1.50 bits per heavy atom. The van der Waals surface area contributed by atoms with Gasteiger partial charge < -0.3 is 20.5 Å². The summed E-state index contributed by atoms with van der Waals surface area (Å²) in [6.07, 6.45) is -0.0777. The van der Waals surface area contributed by atoms with E-state index in [-0.39, 0.29) is 30.6 Å². The molecular weight excluding hydrogens is 256 g/mol. The molecule has 1 aliphatic rings. The Hall–Kier alpha value is -1.59. The zero-order valence-corrected chi connectivity index (χ0v) is 12.1. The molecule has 0 radical (unpaired) electrons. The van der Waals surface area contributed by atoms with Gasteiger partial charge >= 0.3 is 0 Å². The number of nitrogens with one attached hydrogen (secondary N) is 1. The van der Waals surface area contributed by atoms with Crippen LogP contribution >= 0.6 is 0 Å². The van der Waals surface area contributed by atoms with Crippen molar-refractivity contribution in [2.24, 2.45) is 5.73 Å². The summed E-state index contributed by atoms with van der Waals surface area (Å²) < 4.78 is 10.8. The van der Waals surface area contributed by atoms with E-state index in [0.717, 1.165) is 5.75 Å². The van der Waals surface area contributed by atoms with E-state index in [1.165, 1.54) is 12.7 Å². The second kappa shape index (κ2) is 6.24. The number of methoxy groups -OCH3 is 1. The molecule has 0 saturated heterocycles. The van der Waals surface area contributed by atoms with Crippen molar-refractivity contribution in [3.63, 3.8) is 0 Å². The minimum Gasteiger partial charge on any atom is -0.487 e. The first-order chi connectivity index (χ1) is 9.54. The van der Waals surface area contributed by atoms with Crippen molar-refractivity contribution < 1.29 is 14.3 Å². The van der Waals surface area contributed by atoms with E-state index in [1.54, 1.807) is 0 Å². The van der Waals surface area contributed by atoms with Crippen molar-refractivity contribution in [3.8, 4) is 5.75 Å². The van der Waals surface area contributed by atoms with Crippen molar-refractivity contribution in [1.82, 2.24) is 5.32 Å². The minimum absolute atomic E-state index is 0.0777. The van der Waals surface area contributed by atoms with Gasteiger partial charge in [0.1, 0.15) is 17.9 Å². The van der Waals surface area contributed by atoms with Crippen molar-refractivity contribution in [3.05, 3.63) is 29.8 Å². The Balaban J connectivity index is 1.98. The normalized spacial score (nSPS) is 23.6. The quantitative estimate of drug-likeness (QED) is 0.843. The Morgan fingerprint density at radius 2 is 2.20 bits per heavy atom. The van der Waals surface area contributed by atoms with Gasteiger partial charge in [-0.15, -0.1) is 0 Å². The number of carbonyl (C=O) groups is 1. The largest absolute Gasteiger partial charge is 0.487 e. The first kappa shape index (κ1) is 14.8. The Labute approximate surface area is 119 Å². The molecule has 0 unspecified atom stereocenters. The van der Waals surface area contributed by atoms with Gasteiger partial charge in [-0.3, -0.25) is 4.79 Å². The van der Waals surface area contributed by atoms with Gasteiger partial charge in [-0.1, -0.05) is 25.1 Å². The van der Waals surface area contributed by atoms with Gasteiger partial charge in [0.05, 0.1) is 12.6 Å². The standard InChI is InChI=1S/C15H22N2O3/c1-9-11-6-4-5-7-13(11)20-14(9)10(2)17-15(18)12(16)8-19-3/h4-7,9-10,12,14H,8,16H2,1-3H3,(H,17,18)/t9-,10+,12-,14-/m0/s1.